The van der Waals surface area contributed by atoms with E-state index >= 15 is 4.39 Å². The summed E-state index contributed by atoms with van der Waals surface area (Å²) in [6.45, 7) is 6.54. The fourth-order valence-electron chi connectivity index (χ4n) is 4.48. The summed E-state index contributed by atoms with van der Waals surface area (Å²) in [6, 6.07) is -0.488. The number of halogens is 5. The predicted octanol–water partition coefficient (Wildman–Crippen LogP) is 5.81. The maximum Gasteiger partial charge on any atom is 0.451 e. The molecule has 2 aliphatic rings. The Morgan fingerprint density at radius 3 is 2.32 bits per heavy atom. The van der Waals surface area contributed by atoms with Gasteiger partial charge in [0.1, 0.15) is 11.8 Å². The number of amides is 1. The largest absolute Gasteiger partial charge is 0.451 e. The van der Waals surface area contributed by atoms with Gasteiger partial charge in [0.2, 0.25) is 5.82 Å². The Morgan fingerprint density at radius 2 is 1.76 bits per heavy atom. The first-order valence-electron chi connectivity index (χ1n) is 12.4. The van der Waals surface area contributed by atoms with Crippen LogP contribution in [0.4, 0.5) is 26.7 Å². The zero-order valence-electron chi connectivity index (χ0n) is 21.5. The lowest BCUT2D eigenvalue weighted by atomic mass is 10.0. The van der Waals surface area contributed by atoms with Crippen LogP contribution in [0.1, 0.15) is 76.5 Å². The van der Waals surface area contributed by atoms with E-state index in [4.69, 9.17) is 4.74 Å². The van der Waals surface area contributed by atoms with Crippen molar-refractivity contribution in [2.45, 2.75) is 95.7 Å². The first kappa shape index (κ1) is 27.8. The van der Waals surface area contributed by atoms with Gasteiger partial charge in [-0.2, -0.15) is 13.2 Å². The average molecular weight is 541 g/mol. The van der Waals surface area contributed by atoms with Gasteiger partial charge in [0.15, 0.2) is 11.6 Å². The van der Waals surface area contributed by atoms with Gasteiger partial charge >= 0.3 is 12.3 Å². The molecule has 1 amide bonds. The lowest BCUT2D eigenvalue weighted by Crippen LogP contribution is -2.47. The third-order valence-electron chi connectivity index (χ3n) is 6.57. The quantitative estimate of drug-likeness (QED) is 0.430. The molecule has 2 aromatic rings. The maximum absolute atomic E-state index is 15.3. The molecule has 2 fully saturated rings. The molecule has 0 aromatic carbocycles. The summed E-state index contributed by atoms with van der Waals surface area (Å²) < 4.78 is 73.7. The number of nitrogens with zero attached hydrogens (tertiary/aromatic N) is 4. The molecular formula is C26H29F5N4O3. The molecule has 0 radical (unpaired) electrons. The molecule has 0 N–H and O–H groups in total. The molecule has 0 unspecified atom stereocenters. The zero-order valence-corrected chi connectivity index (χ0v) is 21.5. The molecule has 1 saturated heterocycles. The van der Waals surface area contributed by atoms with Gasteiger partial charge < -0.3 is 4.74 Å². The Hall–Kier alpha value is -3.18. The highest BCUT2D eigenvalue weighted by molar-refractivity contribution is 5.88. The number of ether oxygens (including phenoxy) is 1. The zero-order chi connectivity index (χ0) is 28.0. The van der Waals surface area contributed by atoms with E-state index in [9.17, 15) is 27.2 Å². The van der Waals surface area contributed by atoms with Crippen molar-refractivity contribution in [1.82, 2.24) is 19.9 Å². The van der Waals surface area contributed by atoms with Gasteiger partial charge in [0.25, 0.3) is 0 Å². The van der Waals surface area contributed by atoms with E-state index in [-0.39, 0.29) is 47.8 Å². The van der Waals surface area contributed by atoms with Gasteiger partial charge in [-0.25, -0.2) is 23.5 Å². The SMILES string of the molecule is C[C@H]1[C@H](F)C[C@@H](C(=O)CCc2cc(-c3cnc(C(F)(F)F)nc3)c(F)c(C3CC3)n2)N1C(=O)OC(C)(C)C. The van der Waals surface area contributed by atoms with Crippen LogP contribution in [-0.4, -0.2) is 55.6 Å². The Balaban J connectivity index is 1.55. The van der Waals surface area contributed by atoms with Crippen LogP contribution in [0.3, 0.4) is 0 Å². The number of aryl methyl sites for hydroxylation is 1. The molecule has 1 aliphatic heterocycles. The number of rotatable bonds is 6. The summed E-state index contributed by atoms with van der Waals surface area (Å²) in [5.41, 5.74) is -0.254. The second-order valence-corrected chi connectivity index (χ2v) is 10.8. The van der Waals surface area contributed by atoms with E-state index < -0.39 is 47.8 Å². The van der Waals surface area contributed by atoms with Gasteiger partial charge in [-0.3, -0.25) is 14.7 Å². The van der Waals surface area contributed by atoms with Gasteiger partial charge in [0.05, 0.1) is 17.8 Å². The lowest BCUT2D eigenvalue weighted by molar-refractivity contribution is -0.145. The highest BCUT2D eigenvalue weighted by Gasteiger charge is 2.46. The molecule has 12 heteroatoms. The van der Waals surface area contributed by atoms with E-state index in [2.05, 4.69) is 15.0 Å². The summed E-state index contributed by atoms with van der Waals surface area (Å²) in [5.74, 6) is -2.51. The monoisotopic (exact) mass is 540 g/mol. The number of carbonyl (C=O) groups is 2. The molecule has 0 spiro atoms. The minimum atomic E-state index is -4.73. The van der Waals surface area contributed by atoms with Crippen LogP contribution in [0.25, 0.3) is 11.1 Å². The summed E-state index contributed by atoms with van der Waals surface area (Å²) >= 11 is 0. The van der Waals surface area contributed by atoms with Crippen molar-refractivity contribution < 1.29 is 36.3 Å². The molecular weight excluding hydrogens is 511 g/mol. The van der Waals surface area contributed by atoms with Crippen molar-refractivity contribution in [1.29, 1.82) is 0 Å². The van der Waals surface area contributed by atoms with Crippen molar-refractivity contribution >= 4 is 11.9 Å². The lowest BCUT2D eigenvalue weighted by Gasteiger charge is -2.30. The van der Waals surface area contributed by atoms with Gasteiger partial charge in [-0.1, -0.05) is 0 Å². The number of hydrogen-bond donors (Lipinski definition) is 0. The van der Waals surface area contributed by atoms with Crippen LogP contribution in [-0.2, 0) is 22.1 Å². The summed E-state index contributed by atoms with van der Waals surface area (Å²) in [7, 11) is 0. The van der Waals surface area contributed by atoms with Crippen molar-refractivity contribution in [3.8, 4) is 11.1 Å². The van der Waals surface area contributed by atoms with Crippen molar-refractivity contribution in [3.05, 3.63) is 41.5 Å². The number of aromatic nitrogens is 3. The molecule has 38 heavy (non-hydrogen) atoms. The third kappa shape index (κ3) is 6.10. The van der Waals surface area contributed by atoms with Gasteiger partial charge in [-0.05, 0) is 53.0 Å². The Bertz CT molecular complexity index is 1210. The number of alkyl halides is 4. The highest BCUT2D eigenvalue weighted by Crippen LogP contribution is 2.42. The number of pyridine rings is 1. The molecule has 1 saturated carbocycles. The molecule has 4 rings (SSSR count). The number of carbonyl (C=O) groups excluding carboxylic acids is 2. The topological polar surface area (TPSA) is 85.3 Å². The molecule has 1 aliphatic carbocycles. The smallest absolute Gasteiger partial charge is 0.444 e. The van der Waals surface area contributed by atoms with Crippen molar-refractivity contribution in [2.24, 2.45) is 0 Å². The van der Waals surface area contributed by atoms with Crippen LogP contribution in [0.5, 0.6) is 0 Å². The molecule has 2 aromatic heterocycles. The predicted molar refractivity (Wildman–Crippen MR) is 126 cm³/mol. The van der Waals surface area contributed by atoms with E-state index in [1.165, 1.54) is 13.0 Å². The second kappa shape index (κ2) is 10.2. The number of Topliss-reactive ketones (excluding diaryl/α,β-unsaturated/α-hetero) is 1. The minimum absolute atomic E-state index is 0.00762. The van der Waals surface area contributed by atoms with Crippen LogP contribution in [0.2, 0.25) is 0 Å². The molecule has 3 heterocycles. The Labute approximate surface area is 216 Å². The summed E-state index contributed by atoms with van der Waals surface area (Å²) in [5, 5.41) is 0. The normalized spacial score (nSPS) is 22.0. The number of hydrogen-bond acceptors (Lipinski definition) is 6. The minimum Gasteiger partial charge on any atom is -0.444 e. The third-order valence-corrected chi connectivity index (χ3v) is 6.57. The molecule has 3 atom stereocenters. The maximum atomic E-state index is 15.3. The fraction of sp³-hybridized carbons (Fsp3) is 0.577. The highest BCUT2D eigenvalue weighted by atomic mass is 19.4. The molecule has 7 nitrogen and oxygen atoms in total. The standard InChI is InChI=1S/C26H29F5N4O3/c1-13-18(27)10-19(35(13)24(37)38-25(2,3)4)20(36)8-7-16-9-17(21(28)22(34-16)14-5-6-14)15-11-32-23(33-12-15)26(29,30)31/h9,11-14,18-19H,5-8,10H2,1-4H3/t13-,18+,19-/m0/s1. The van der Waals surface area contributed by atoms with Gasteiger partial charge in [-0.15, -0.1) is 0 Å². The van der Waals surface area contributed by atoms with E-state index in [1.807, 2.05) is 0 Å². The number of likely N-dealkylation sites (tertiary alicyclic amines) is 1. The summed E-state index contributed by atoms with van der Waals surface area (Å²) in [6.07, 6.45) is -3.85. The fourth-order valence-corrected chi connectivity index (χ4v) is 4.48. The molecule has 206 valence electrons. The van der Waals surface area contributed by atoms with Crippen LogP contribution in [0, 0.1) is 5.82 Å². The Morgan fingerprint density at radius 1 is 1.13 bits per heavy atom. The second-order valence-electron chi connectivity index (χ2n) is 10.8. The number of ketones is 1. The van der Waals surface area contributed by atoms with E-state index in [1.54, 1.807) is 20.8 Å². The van der Waals surface area contributed by atoms with Crippen LogP contribution in [0.15, 0.2) is 18.5 Å². The van der Waals surface area contributed by atoms with Crippen molar-refractivity contribution in [2.75, 3.05) is 0 Å². The van der Waals surface area contributed by atoms with Crippen molar-refractivity contribution in [3.63, 3.8) is 0 Å². The molecule has 0 bridgehead atoms. The average Bonchev–Trinajstić information content (AvgIpc) is 3.61. The van der Waals surface area contributed by atoms with E-state index in [0.29, 0.717) is 5.69 Å². The van der Waals surface area contributed by atoms with Crippen LogP contribution >= 0.6 is 0 Å². The van der Waals surface area contributed by atoms with E-state index in [0.717, 1.165) is 30.1 Å². The Kier molecular flexibility index (Phi) is 7.46. The summed E-state index contributed by atoms with van der Waals surface area (Å²) in [4.78, 5) is 38.0. The first-order chi connectivity index (χ1) is 17.7. The first-order valence-corrected chi connectivity index (χ1v) is 12.4. The van der Waals surface area contributed by atoms with Crippen LogP contribution < -0.4 is 0 Å². The van der Waals surface area contributed by atoms with Gasteiger partial charge in [0, 0.05) is 48.0 Å².